The summed E-state index contributed by atoms with van der Waals surface area (Å²) < 4.78 is 0. The first kappa shape index (κ1) is 17.1. The number of rotatable bonds is 4. The average molecular weight is 338 g/mol. The van der Waals surface area contributed by atoms with Gasteiger partial charge in [0.25, 0.3) is 5.91 Å². The summed E-state index contributed by atoms with van der Waals surface area (Å²) in [6.45, 7) is 4.73. The van der Waals surface area contributed by atoms with Crippen LogP contribution in [0.3, 0.4) is 0 Å². The lowest BCUT2D eigenvalue weighted by atomic mass is 10.1. The maximum atomic E-state index is 12.6. The molecule has 1 aromatic heterocycles. The lowest BCUT2D eigenvalue weighted by molar-refractivity contribution is 0.0658. The Bertz CT molecular complexity index is 782. The molecule has 0 atom stereocenters. The molecule has 2 aromatic rings. The Morgan fingerprint density at radius 2 is 1.76 bits per heavy atom. The molecule has 0 saturated carbocycles. The molecule has 0 spiro atoms. The quantitative estimate of drug-likeness (QED) is 0.867. The van der Waals surface area contributed by atoms with Crippen molar-refractivity contribution < 1.29 is 9.59 Å². The Kier molecular flexibility index (Phi) is 5.09. The van der Waals surface area contributed by atoms with Gasteiger partial charge in [-0.1, -0.05) is 12.1 Å². The lowest BCUT2D eigenvalue weighted by Crippen LogP contribution is -2.47. The first-order valence-electron chi connectivity index (χ1n) is 8.35. The molecule has 1 N–H and O–H groups in total. The van der Waals surface area contributed by atoms with Crippen molar-refractivity contribution in [3.8, 4) is 0 Å². The molecule has 130 valence electrons. The molecule has 1 aliphatic heterocycles. The molecular weight excluding hydrogens is 316 g/mol. The van der Waals surface area contributed by atoms with Crippen molar-refractivity contribution in [2.45, 2.75) is 6.92 Å². The van der Waals surface area contributed by atoms with Gasteiger partial charge in [0, 0.05) is 49.3 Å². The predicted molar refractivity (Wildman–Crippen MR) is 97.4 cm³/mol. The average Bonchev–Trinajstić information content (AvgIpc) is 2.62. The number of nitrogens with zero attached hydrogens (tertiary/aromatic N) is 3. The van der Waals surface area contributed by atoms with Gasteiger partial charge in [-0.3, -0.25) is 14.6 Å². The zero-order chi connectivity index (χ0) is 17.8. The number of ketones is 1. The van der Waals surface area contributed by atoms with Crippen molar-refractivity contribution >= 4 is 23.1 Å². The van der Waals surface area contributed by atoms with Crippen LogP contribution < -0.4 is 5.32 Å². The minimum atomic E-state index is -0.0470. The summed E-state index contributed by atoms with van der Waals surface area (Å²) in [4.78, 5) is 32.4. The molecule has 25 heavy (non-hydrogen) atoms. The zero-order valence-corrected chi connectivity index (χ0v) is 14.5. The van der Waals surface area contributed by atoms with E-state index in [1.165, 1.54) is 0 Å². The normalized spacial score (nSPS) is 15.0. The predicted octanol–water partition coefficient (Wildman–Crippen LogP) is 2.42. The first-order chi connectivity index (χ1) is 12.0. The number of nitrogens with one attached hydrogen (secondary N) is 1. The number of hydrogen-bond acceptors (Lipinski definition) is 5. The zero-order valence-electron chi connectivity index (χ0n) is 14.5. The third kappa shape index (κ3) is 4.22. The third-order valence-electron chi connectivity index (χ3n) is 4.33. The van der Waals surface area contributed by atoms with E-state index < -0.39 is 0 Å². The molecule has 6 heteroatoms. The van der Waals surface area contributed by atoms with E-state index in [-0.39, 0.29) is 11.7 Å². The highest BCUT2D eigenvalue weighted by atomic mass is 16.2. The molecule has 0 bridgehead atoms. The monoisotopic (exact) mass is 338 g/mol. The topological polar surface area (TPSA) is 65.5 Å². The summed E-state index contributed by atoms with van der Waals surface area (Å²) in [5, 5.41) is 3.23. The van der Waals surface area contributed by atoms with E-state index in [2.05, 4.69) is 22.2 Å². The second-order valence-corrected chi connectivity index (χ2v) is 6.29. The number of benzene rings is 1. The Hall–Kier alpha value is -2.73. The summed E-state index contributed by atoms with van der Waals surface area (Å²) in [6.07, 6.45) is 1.63. The fraction of sp³-hybridized carbons (Fsp3) is 0.316. The molecule has 6 nitrogen and oxygen atoms in total. The Morgan fingerprint density at radius 3 is 2.48 bits per heavy atom. The molecule has 3 rings (SSSR count). The van der Waals surface area contributed by atoms with Gasteiger partial charge < -0.3 is 15.1 Å². The molecular formula is C19H22N4O2. The van der Waals surface area contributed by atoms with Crippen LogP contribution >= 0.6 is 0 Å². The van der Waals surface area contributed by atoms with E-state index in [1.54, 1.807) is 37.4 Å². The van der Waals surface area contributed by atoms with Crippen molar-refractivity contribution in [3.63, 3.8) is 0 Å². The molecule has 0 unspecified atom stereocenters. The Balaban J connectivity index is 1.74. The van der Waals surface area contributed by atoms with Gasteiger partial charge in [-0.2, -0.15) is 0 Å². The van der Waals surface area contributed by atoms with Gasteiger partial charge in [0.05, 0.1) is 0 Å². The Morgan fingerprint density at radius 1 is 1.04 bits per heavy atom. The SMILES string of the molecule is CC(=O)c1cccc(Nc2ccnc(C(=O)N3CCN(C)CC3)c2)c1. The number of aromatic nitrogens is 1. The fourth-order valence-corrected chi connectivity index (χ4v) is 2.78. The van der Waals surface area contributed by atoms with Crippen LogP contribution in [0.1, 0.15) is 27.8 Å². The minimum Gasteiger partial charge on any atom is -0.355 e. The maximum Gasteiger partial charge on any atom is 0.272 e. The van der Waals surface area contributed by atoms with Gasteiger partial charge in [-0.25, -0.2) is 0 Å². The first-order valence-corrected chi connectivity index (χ1v) is 8.35. The van der Waals surface area contributed by atoms with Gasteiger partial charge in [0.2, 0.25) is 0 Å². The van der Waals surface area contributed by atoms with Crippen molar-refractivity contribution in [2.24, 2.45) is 0 Å². The van der Waals surface area contributed by atoms with Crippen LogP contribution in [-0.2, 0) is 0 Å². The van der Waals surface area contributed by atoms with E-state index in [0.29, 0.717) is 11.3 Å². The van der Waals surface area contributed by atoms with Gasteiger partial charge in [0.15, 0.2) is 5.78 Å². The van der Waals surface area contributed by atoms with E-state index in [0.717, 1.165) is 37.6 Å². The number of likely N-dealkylation sites (N-methyl/N-ethyl adjacent to an activating group) is 1. The van der Waals surface area contributed by atoms with E-state index in [9.17, 15) is 9.59 Å². The molecule has 0 aliphatic carbocycles. The molecule has 2 heterocycles. The standard InChI is InChI=1S/C19H22N4O2/c1-14(24)15-4-3-5-16(12-15)21-17-6-7-20-18(13-17)19(25)23-10-8-22(2)9-11-23/h3-7,12-13H,8-11H2,1-2H3,(H,20,21). The van der Waals surface area contributed by atoms with Crippen molar-refractivity contribution in [3.05, 3.63) is 53.9 Å². The third-order valence-corrected chi connectivity index (χ3v) is 4.33. The maximum absolute atomic E-state index is 12.6. The molecule has 1 fully saturated rings. The molecule has 1 amide bonds. The second-order valence-electron chi connectivity index (χ2n) is 6.29. The summed E-state index contributed by atoms with van der Waals surface area (Å²) >= 11 is 0. The summed E-state index contributed by atoms with van der Waals surface area (Å²) in [7, 11) is 2.06. The number of anilines is 2. The van der Waals surface area contributed by atoms with Crippen molar-refractivity contribution in [1.29, 1.82) is 0 Å². The number of carbonyl (C=O) groups is 2. The van der Waals surface area contributed by atoms with Gasteiger partial charge in [-0.15, -0.1) is 0 Å². The highest BCUT2D eigenvalue weighted by molar-refractivity contribution is 5.95. The van der Waals surface area contributed by atoms with Crippen LogP contribution in [0.15, 0.2) is 42.6 Å². The number of amides is 1. The largest absolute Gasteiger partial charge is 0.355 e. The Labute approximate surface area is 147 Å². The summed E-state index contributed by atoms with van der Waals surface area (Å²) in [5.41, 5.74) is 2.65. The van der Waals surface area contributed by atoms with Gasteiger partial charge >= 0.3 is 0 Å². The second kappa shape index (κ2) is 7.44. The van der Waals surface area contributed by atoms with Gasteiger partial charge in [0.1, 0.15) is 5.69 Å². The highest BCUT2D eigenvalue weighted by Gasteiger charge is 2.21. The number of piperazine rings is 1. The summed E-state index contributed by atoms with van der Waals surface area (Å²) in [6, 6.07) is 10.8. The van der Waals surface area contributed by atoms with Crippen LogP contribution in [0.2, 0.25) is 0 Å². The highest BCUT2D eigenvalue weighted by Crippen LogP contribution is 2.19. The smallest absolute Gasteiger partial charge is 0.272 e. The molecule has 1 aromatic carbocycles. The lowest BCUT2D eigenvalue weighted by Gasteiger charge is -2.32. The van der Waals surface area contributed by atoms with Crippen LogP contribution in [0.4, 0.5) is 11.4 Å². The van der Waals surface area contributed by atoms with Crippen LogP contribution in [0.25, 0.3) is 0 Å². The molecule has 1 aliphatic rings. The number of Topliss-reactive ketones (excluding diaryl/α,β-unsaturated/α-hetero) is 1. The van der Waals surface area contributed by atoms with Crippen LogP contribution in [-0.4, -0.2) is 59.7 Å². The van der Waals surface area contributed by atoms with Crippen molar-refractivity contribution in [1.82, 2.24) is 14.8 Å². The van der Waals surface area contributed by atoms with Gasteiger partial charge in [-0.05, 0) is 38.2 Å². The number of pyridine rings is 1. The fourth-order valence-electron chi connectivity index (χ4n) is 2.78. The van der Waals surface area contributed by atoms with E-state index in [1.807, 2.05) is 17.0 Å². The summed E-state index contributed by atoms with van der Waals surface area (Å²) in [5.74, 6) is -0.0291. The number of hydrogen-bond donors (Lipinski definition) is 1. The van der Waals surface area contributed by atoms with E-state index >= 15 is 0 Å². The molecule has 1 saturated heterocycles. The van der Waals surface area contributed by atoms with Crippen molar-refractivity contribution in [2.75, 3.05) is 38.5 Å². The van der Waals surface area contributed by atoms with Crippen LogP contribution in [0.5, 0.6) is 0 Å². The molecule has 0 radical (unpaired) electrons. The van der Waals surface area contributed by atoms with Crippen LogP contribution in [0, 0.1) is 0 Å². The number of carbonyl (C=O) groups excluding carboxylic acids is 2. The minimum absolute atomic E-state index is 0.0179. The van der Waals surface area contributed by atoms with E-state index in [4.69, 9.17) is 0 Å².